The van der Waals surface area contributed by atoms with Crippen molar-refractivity contribution in [2.75, 3.05) is 7.11 Å². The van der Waals surface area contributed by atoms with Crippen molar-refractivity contribution in [3.8, 4) is 11.8 Å². The summed E-state index contributed by atoms with van der Waals surface area (Å²) in [4.78, 5) is 0. The van der Waals surface area contributed by atoms with E-state index in [0.717, 1.165) is 0 Å². The summed E-state index contributed by atoms with van der Waals surface area (Å²) < 4.78 is 20.4. The third-order valence-corrected chi connectivity index (χ3v) is 2.39. The summed E-state index contributed by atoms with van der Waals surface area (Å²) >= 11 is 0. The molecule has 0 aliphatic carbocycles. The minimum Gasteiger partial charge on any atom is -0.493 e. The van der Waals surface area contributed by atoms with Gasteiger partial charge in [-0.3, -0.25) is 4.68 Å². The fourth-order valence-corrected chi connectivity index (χ4v) is 1.60. The van der Waals surface area contributed by atoms with Gasteiger partial charge >= 0.3 is 0 Å². The largest absolute Gasteiger partial charge is 0.493 e. The Hall–Kier alpha value is -2.35. The topological polar surface area (TPSA) is 50.8 Å². The maximum atomic E-state index is 13.8. The van der Waals surface area contributed by atoms with Gasteiger partial charge in [-0.15, -0.1) is 0 Å². The van der Waals surface area contributed by atoms with Gasteiger partial charge in [0.15, 0.2) is 11.6 Å². The normalized spacial score (nSPS) is 9.94. The first-order valence-corrected chi connectivity index (χ1v) is 4.99. The maximum Gasteiger partial charge on any atom is 0.183 e. The average molecular weight is 231 g/mol. The highest BCUT2D eigenvalue weighted by Crippen LogP contribution is 2.25. The number of halogens is 1. The third kappa shape index (κ3) is 2.11. The molecule has 2 aromatic rings. The lowest BCUT2D eigenvalue weighted by Crippen LogP contribution is -2.04. The van der Waals surface area contributed by atoms with Crippen LogP contribution in [0.4, 0.5) is 4.39 Å². The van der Waals surface area contributed by atoms with Crippen LogP contribution in [0.25, 0.3) is 0 Å². The maximum absolute atomic E-state index is 13.8. The van der Waals surface area contributed by atoms with Gasteiger partial charge in [-0.25, -0.2) is 4.39 Å². The molecule has 0 aliphatic heterocycles. The van der Waals surface area contributed by atoms with Gasteiger partial charge in [0.25, 0.3) is 0 Å². The standard InChI is InChI=1S/C12H10FN3O/c1-17-12-10(8-16-6-2-5-15-16)4-3-9(7-14)11(12)13/h2-6H,8H2,1H3. The molecule has 1 aromatic carbocycles. The van der Waals surface area contributed by atoms with E-state index < -0.39 is 5.82 Å². The predicted octanol–water partition coefficient (Wildman–Crippen LogP) is 1.95. The molecular weight excluding hydrogens is 221 g/mol. The number of aromatic nitrogens is 2. The van der Waals surface area contributed by atoms with Crippen LogP contribution in [0.3, 0.4) is 0 Å². The van der Waals surface area contributed by atoms with Crippen LogP contribution in [0.2, 0.25) is 0 Å². The van der Waals surface area contributed by atoms with E-state index in [1.165, 1.54) is 13.2 Å². The second-order valence-corrected chi connectivity index (χ2v) is 3.43. The third-order valence-electron chi connectivity index (χ3n) is 2.39. The molecule has 0 N–H and O–H groups in total. The molecule has 0 aliphatic rings. The van der Waals surface area contributed by atoms with Crippen LogP contribution in [-0.2, 0) is 6.54 Å². The van der Waals surface area contributed by atoms with E-state index in [1.54, 1.807) is 35.3 Å². The Morgan fingerprint density at radius 3 is 2.94 bits per heavy atom. The number of nitriles is 1. The van der Waals surface area contributed by atoms with Gasteiger partial charge in [0.2, 0.25) is 0 Å². The van der Waals surface area contributed by atoms with Crippen LogP contribution in [0, 0.1) is 17.1 Å². The quantitative estimate of drug-likeness (QED) is 0.811. The summed E-state index contributed by atoms with van der Waals surface area (Å²) in [6.45, 7) is 0.402. The van der Waals surface area contributed by atoms with Crippen molar-refractivity contribution in [2.45, 2.75) is 6.54 Å². The smallest absolute Gasteiger partial charge is 0.183 e. The van der Waals surface area contributed by atoms with E-state index in [0.29, 0.717) is 12.1 Å². The SMILES string of the molecule is COc1c(Cn2cccn2)ccc(C#N)c1F. The predicted molar refractivity (Wildman–Crippen MR) is 59.0 cm³/mol. The summed E-state index contributed by atoms with van der Waals surface area (Å²) in [6, 6.07) is 6.67. The Labute approximate surface area is 97.9 Å². The molecule has 0 unspecified atom stereocenters. The first-order chi connectivity index (χ1) is 8.26. The zero-order valence-corrected chi connectivity index (χ0v) is 9.22. The molecule has 0 saturated carbocycles. The van der Waals surface area contributed by atoms with Crippen molar-refractivity contribution >= 4 is 0 Å². The van der Waals surface area contributed by atoms with E-state index in [2.05, 4.69) is 5.10 Å². The summed E-state index contributed by atoms with van der Waals surface area (Å²) in [5.41, 5.74) is 0.624. The molecule has 4 nitrogen and oxygen atoms in total. The first-order valence-electron chi connectivity index (χ1n) is 4.99. The molecule has 0 atom stereocenters. The minimum absolute atomic E-state index is 0.0222. The van der Waals surface area contributed by atoms with E-state index in [9.17, 15) is 4.39 Å². The first kappa shape index (κ1) is 11.1. The minimum atomic E-state index is -0.625. The number of ether oxygens (including phenoxy) is 1. The second-order valence-electron chi connectivity index (χ2n) is 3.43. The van der Waals surface area contributed by atoms with Crippen LogP contribution in [0.15, 0.2) is 30.6 Å². The Bertz CT molecular complexity index is 558. The Kier molecular flexibility index (Phi) is 3.06. The molecule has 2 rings (SSSR count). The highest BCUT2D eigenvalue weighted by atomic mass is 19.1. The molecule has 0 spiro atoms. The van der Waals surface area contributed by atoms with Gasteiger partial charge in [0, 0.05) is 18.0 Å². The summed E-state index contributed by atoms with van der Waals surface area (Å²) in [7, 11) is 1.38. The van der Waals surface area contributed by atoms with Crippen molar-refractivity contribution < 1.29 is 9.13 Å². The van der Waals surface area contributed by atoms with Crippen LogP contribution in [-0.4, -0.2) is 16.9 Å². The molecule has 0 amide bonds. The monoisotopic (exact) mass is 231 g/mol. The van der Waals surface area contributed by atoms with Crippen molar-refractivity contribution in [3.05, 3.63) is 47.5 Å². The number of methoxy groups -OCH3 is 1. The lowest BCUT2D eigenvalue weighted by atomic mass is 10.1. The second kappa shape index (κ2) is 4.66. The molecule has 5 heteroatoms. The molecule has 0 bridgehead atoms. The average Bonchev–Trinajstić information content (AvgIpc) is 2.82. The summed E-state index contributed by atoms with van der Waals surface area (Å²) in [5, 5.41) is 12.8. The molecular formula is C12H10FN3O. The highest BCUT2D eigenvalue weighted by Gasteiger charge is 2.14. The van der Waals surface area contributed by atoms with Crippen molar-refractivity contribution in [1.82, 2.24) is 9.78 Å². The lowest BCUT2D eigenvalue weighted by Gasteiger charge is -2.10. The van der Waals surface area contributed by atoms with Crippen LogP contribution in [0.5, 0.6) is 5.75 Å². The summed E-state index contributed by atoms with van der Waals surface area (Å²) in [6.07, 6.45) is 3.42. The van der Waals surface area contributed by atoms with Gasteiger partial charge < -0.3 is 4.74 Å². The van der Waals surface area contributed by atoms with Crippen LogP contribution < -0.4 is 4.74 Å². The molecule has 0 fully saturated rings. The summed E-state index contributed by atoms with van der Waals surface area (Å²) in [5.74, 6) is -0.529. The zero-order valence-electron chi connectivity index (χ0n) is 9.22. The fraction of sp³-hybridized carbons (Fsp3) is 0.167. The Morgan fingerprint density at radius 1 is 1.53 bits per heavy atom. The number of benzene rings is 1. The number of rotatable bonds is 3. The van der Waals surface area contributed by atoms with E-state index in [4.69, 9.17) is 10.00 Å². The van der Waals surface area contributed by atoms with E-state index in [1.807, 2.05) is 0 Å². The number of nitrogens with zero attached hydrogens (tertiary/aromatic N) is 3. The van der Waals surface area contributed by atoms with Crippen LogP contribution >= 0.6 is 0 Å². The van der Waals surface area contributed by atoms with Gasteiger partial charge in [-0.1, -0.05) is 6.07 Å². The van der Waals surface area contributed by atoms with Gasteiger partial charge in [0.05, 0.1) is 19.2 Å². The van der Waals surface area contributed by atoms with Crippen molar-refractivity contribution in [2.24, 2.45) is 0 Å². The fourth-order valence-electron chi connectivity index (χ4n) is 1.60. The van der Waals surface area contributed by atoms with Gasteiger partial charge in [-0.2, -0.15) is 10.4 Å². The number of hydrogen-bond donors (Lipinski definition) is 0. The lowest BCUT2D eigenvalue weighted by molar-refractivity contribution is 0.379. The van der Waals surface area contributed by atoms with Crippen LogP contribution in [0.1, 0.15) is 11.1 Å². The van der Waals surface area contributed by atoms with Gasteiger partial charge in [-0.05, 0) is 12.1 Å². The number of hydrogen-bond acceptors (Lipinski definition) is 3. The molecule has 17 heavy (non-hydrogen) atoms. The highest BCUT2D eigenvalue weighted by molar-refractivity contribution is 5.44. The van der Waals surface area contributed by atoms with Gasteiger partial charge in [0.1, 0.15) is 6.07 Å². The van der Waals surface area contributed by atoms with Crippen molar-refractivity contribution in [1.29, 1.82) is 5.26 Å². The van der Waals surface area contributed by atoms with Crippen molar-refractivity contribution in [3.63, 3.8) is 0 Å². The molecule has 0 saturated heterocycles. The van der Waals surface area contributed by atoms with E-state index >= 15 is 0 Å². The molecule has 1 aromatic heterocycles. The molecule has 1 heterocycles. The van der Waals surface area contributed by atoms with E-state index in [-0.39, 0.29) is 11.3 Å². The molecule has 86 valence electrons. The molecule has 0 radical (unpaired) electrons. The Balaban J connectivity index is 2.41. The zero-order chi connectivity index (χ0) is 12.3. The Morgan fingerprint density at radius 2 is 2.35 bits per heavy atom.